The summed E-state index contributed by atoms with van der Waals surface area (Å²) in [4.78, 5) is 25.3. The Kier molecular flexibility index (Phi) is 6.72. The summed E-state index contributed by atoms with van der Waals surface area (Å²) >= 11 is 0. The normalized spacial score (nSPS) is 11.7. The number of fused-ring (bicyclic) bond motifs is 8. The predicted molar refractivity (Wildman–Crippen MR) is 215 cm³/mol. The first-order valence-electron chi connectivity index (χ1n) is 17.8. The van der Waals surface area contributed by atoms with Crippen LogP contribution in [0.15, 0.2) is 173 Å². The standard InChI is InChI=1S/C47H27N5O2/c1-3-12-29(13-4-1)44-50-45(52-46(51-44)36-19-11-18-33-32-16-8-10-21-38(32)53-43(33)36)30-24-22-28(23-25-30)41-35-26-27-39-42(40(35)34-17-7-9-20-37(34)48-41)49-47(54-39)31-14-5-2-6-15-31/h1-27H. The number of rotatable bonds is 5. The highest BCUT2D eigenvalue weighted by Gasteiger charge is 2.20. The van der Waals surface area contributed by atoms with Crippen LogP contribution in [0.4, 0.5) is 0 Å². The van der Waals surface area contributed by atoms with Crippen molar-refractivity contribution in [3.63, 3.8) is 0 Å². The smallest absolute Gasteiger partial charge is 0.227 e. The molecule has 0 amide bonds. The molecular formula is C47H27N5O2. The number of para-hydroxylation sites is 3. The summed E-state index contributed by atoms with van der Waals surface area (Å²) in [6.07, 6.45) is 0. The van der Waals surface area contributed by atoms with Gasteiger partial charge in [0.1, 0.15) is 16.7 Å². The van der Waals surface area contributed by atoms with Crippen molar-refractivity contribution in [2.24, 2.45) is 0 Å². The Morgan fingerprint density at radius 3 is 1.78 bits per heavy atom. The topological polar surface area (TPSA) is 90.7 Å². The molecule has 0 saturated carbocycles. The van der Waals surface area contributed by atoms with Gasteiger partial charge in [-0.05, 0) is 42.5 Å². The van der Waals surface area contributed by atoms with Crippen molar-refractivity contribution in [1.82, 2.24) is 24.9 Å². The Morgan fingerprint density at radius 2 is 0.981 bits per heavy atom. The van der Waals surface area contributed by atoms with E-state index in [1.54, 1.807) is 0 Å². The fourth-order valence-electron chi connectivity index (χ4n) is 7.39. The quantitative estimate of drug-likeness (QED) is 0.166. The Labute approximate surface area is 308 Å². The monoisotopic (exact) mass is 693 g/mol. The van der Waals surface area contributed by atoms with E-state index in [0.29, 0.717) is 23.4 Å². The van der Waals surface area contributed by atoms with E-state index in [0.717, 1.165) is 88.2 Å². The van der Waals surface area contributed by atoms with Gasteiger partial charge < -0.3 is 8.83 Å². The minimum atomic E-state index is 0.543. The molecule has 0 aliphatic rings. The van der Waals surface area contributed by atoms with Gasteiger partial charge in [-0.1, -0.05) is 121 Å². The van der Waals surface area contributed by atoms with E-state index in [9.17, 15) is 0 Å². The number of furan rings is 1. The minimum absolute atomic E-state index is 0.543. The first-order chi connectivity index (χ1) is 26.7. The van der Waals surface area contributed by atoms with Crippen LogP contribution in [0.25, 0.3) is 112 Å². The van der Waals surface area contributed by atoms with Gasteiger partial charge in [0, 0.05) is 49.2 Å². The summed E-state index contributed by atoms with van der Waals surface area (Å²) < 4.78 is 12.7. The van der Waals surface area contributed by atoms with E-state index in [-0.39, 0.29) is 0 Å². The first kappa shape index (κ1) is 30.1. The molecule has 7 nitrogen and oxygen atoms in total. The Morgan fingerprint density at radius 1 is 0.352 bits per heavy atom. The van der Waals surface area contributed by atoms with Crippen LogP contribution in [0.3, 0.4) is 0 Å². The van der Waals surface area contributed by atoms with Crippen molar-refractivity contribution in [2.75, 3.05) is 0 Å². The van der Waals surface area contributed by atoms with Gasteiger partial charge in [-0.25, -0.2) is 24.9 Å². The third-order valence-corrected chi connectivity index (χ3v) is 9.97. The summed E-state index contributed by atoms with van der Waals surface area (Å²) in [5.41, 5.74) is 9.32. The molecule has 0 fully saturated rings. The zero-order valence-electron chi connectivity index (χ0n) is 28.6. The van der Waals surface area contributed by atoms with Crippen LogP contribution in [0.2, 0.25) is 0 Å². The molecule has 0 unspecified atom stereocenters. The summed E-state index contributed by atoms with van der Waals surface area (Å²) in [5.74, 6) is 2.28. The lowest BCUT2D eigenvalue weighted by molar-refractivity contribution is 0.620. The lowest BCUT2D eigenvalue weighted by atomic mass is 9.98. The lowest BCUT2D eigenvalue weighted by Gasteiger charge is -2.11. The molecule has 0 bridgehead atoms. The van der Waals surface area contributed by atoms with E-state index < -0.39 is 0 Å². The third kappa shape index (κ3) is 4.87. The van der Waals surface area contributed by atoms with Crippen LogP contribution in [0.1, 0.15) is 0 Å². The molecule has 54 heavy (non-hydrogen) atoms. The maximum absolute atomic E-state index is 6.39. The van der Waals surface area contributed by atoms with Gasteiger partial charge in [0.2, 0.25) is 5.89 Å². The predicted octanol–water partition coefficient (Wildman–Crippen LogP) is 11.9. The van der Waals surface area contributed by atoms with Crippen molar-refractivity contribution in [1.29, 1.82) is 0 Å². The molecule has 7 aromatic carbocycles. The summed E-state index contributed by atoms with van der Waals surface area (Å²) in [5, 5.41) is 5.10. The van der Waals surface area contributed by atoms with E-state index >= 15 is 0 Å². The van der Waals surface area contributed by atoms with E-state index in [2.05, 4.69) is 48.5 Å². The second kappa shape index (κ2) is 12.0. The lowest BCUT2D eigenvalue weighted by Crippen LogP contribution is -2.00. The fraction of sp³-hybridized carbons (Fsp3) is 0. The molecule has 252 valence electrons. The van der Waals surface area contributed by atoms with Gasteiger partial charge in [0.25, 0.3) is 0 Å². The molecule has 0 radical (unpaired) electrons. The average Bonchev–Trinajstić information content (AvgIpc) is 3.86. The largest absolute Gasteiger partial charge is 0.455 e. The summed E-state index contributed by atoms with van der Waals surface area (Å²) in [6, 6.07) is 54.7. The molecule has 0 spiro atoms. The molecule has 11 aromatic rings. The maximum atomic E-state index is 6.39. The van der Waals surface area contributed by atoms with Gasteiger partial charge in [-0.2, -0.15) is 0 Å². The van der Waals surface area contributed by atoms with Crippen LogP contribution in [-0.4, -0.2) is 24.9 Å². The fourth-order valence-corrected chi connectivity index (χ4v) is 7.39. The Hall–Kier alpha value is -7.51. The number of benzene rings is 7. The molecule has 7 heteroatoms. The number of aromatic nitrogens is 5. The number of pyridine rings is 1. The number of hydrogen-bond donors (Lipinski definition) is 0. The molecule has 0 atom stereocenters. The zero-order chi connectivity index (χ0) is 35.6. The highest BCUT2D eigenvalue weighted by molar-refractivity contribution is 6.20. The van der Waals surface area contributed by atoms with Crippen molar-refractivity contribution in [3.8, 4) is 56.9 Å². The molecular weight excluding hydrogens is 667 g/mol. The average molecular weight is 694 g/mol. The number of oxazole rings is 1. The van der Waals surface area contributed by atoms with Gasteiger partial charge in [0.15, 0.2) is 23.1 Å². The van der Waals surface area contributed by atoms with E-state index in [1.807, 2.05) is 115 Å². The Balaban J connectivity index is 1.06. The van der Waals surface area contributed by atoms with Gasteiger partial charge in [-0.15, -0.1) is 0 Å². The molecule has 4 aromatic heterocycles. The van der Waals surface area contributed by atoms with Crippen LogP contribution < -0.4 is 0 Å². The van der Waals surface area contributed by atoms with Crippen LogP contribution >= 0.6 is 0 Å². The van der Waals surface area contributed by atoms with Crippen molar-refractivity contribution in [3.05, 3.63) is 164 Å². The summed E-state index contributed by atoms with van der Waals surface area (Å²) in [6.45, 7) is 0. The molecule has 0 aliphatic carbocycles. The Bertz CT molecular complexity index is 3210. The maximum Gasteiger partial charge on any atom is 0.227 e. The molecule has 0 saturated heterocycles. The molecule has 0 N–H and O–H groups in total. The number of hydrogen-bond acceptors (Lipinski definition) is 7. The SMILES string of the molecule is c1ccc(-c2nc(-c3ccc(-c4nc5ccccc5c5c4ccc4oc(-c6ccccc6)nc45)cc3)nc(-c3cccc4c3oc3ccccc34)n2)cc1. The van der Waals surface area contributed by atoms with Gasteiger partial charge in [-0.3, -0.25) is 0 Å². The minimum Gasteiger partial charge on any atom is -0.455 e. The number of nitrogens with zero attached hydrogens (tertiary/aromatic N) is 5. The first-order valence-corrected chi connectivity index (χ1v) is 17.8. The van der Waals surface area contributed by atoms with Gasteiger partial charge >= 0.3 is 0 Å². The molecule has 11 rings (SSSR count). The van der Waals surface area contributed by atoms with Crippen LogP contribution in [-0.2, 0) is 0 Å². The van der Waals surface area contributed by atoms with E-state index in [1.165, 1.54) is 0 Å². The van der Waals surface area contributed by atoms with Gasteiger partial charge in [0.05, 0.1) is 16.8 Å². The highest BCUT2D eigenvalue weighted by atomic mass is 16.3. The second-order valence-corrected chi connectivity index (χ2v) is 13.2. The van der Waals surface area contributed by atoms with Crippen molar-refractivity contribution >= 4 is 54.7 Å². The third-order valence-electron chi connectivity index (χ3n) is 9.97. The van der Waals surface area contributed by atoms with E-state index in [4.69, 9.17) is 33.8 Å². The van der Waals surface area contributed by atoms with Crippen LogP contribution in [0.5, 0.6) is 0 Å². The van der Waals surface area contributed by atoms with Crippen molar-refractivity contribution in [2.45, 2.75) is 0 Å². The second-order valence-electron chi connectivity index (χ2n) is 13.2. The van der Waals surface area contributed by atoms with Crippen LogP contribution in [0, 0.1) is 0 Å². The molecule has 4 heterocycles. The van der Waals surface area contributed by atoms with Crippen molar-refractivity contribution < 1.29 is 8.83 Å². The summed E-state index contributed by atoms with van der Waals surface area (Å²) in [7, 11) is 0. The zero-order valence-corrected chi connectivity index (χ0v) is 28.6. The highest BCUT2D eigenvalue weighted by Crippen LogP contribution is 2.39. The molecule has 0 aliphatic heterocycles.